The number of para-hydroxylation sites is 1. The molecule has 0 N–H and O–H groups in total. The van der Waals surface area contributed by atoms with Crippen LogP contribution in [0.4, 0.5) is 0 Å². The summed E-state index contributed by atoms with van der Waals surface area (Å²) < 4.78 is 5.29. The number of Topliss-reactive ketones (excluding diaryl/α,β-unsaturated/α-hetero) is 1. The number of carbonyl (C=O) groups is 1. The first-order valence-corrected chi connectivity index (χ1v) is 5.51. The van der Waals surface area contributed by atoms with Crippen molar-refractivity contribution in [1.29, 1.82) is 0 Å². The molecule has 14 heavy (non-hydrogen) atoms. The van der Waals surface area contributed by atoms with Crippen LogP contribution in [0.15, 0.2) is 18.2 Å². The van der Waals surface area contributed by atoms with Crippen LogP contribution in [0, 0.1) is 0 Å². The fraction of sp³-hybridized carbons (Fsp3) is 0.364. The quantitative estimate of drug-likeness (QED) is 0.775. The maximum Gasteiger partial charge on any atom is 0.134 e. The average Bonchev–Trinajstić information content (AvgIpc) is 2.16. The minimum absolute atomic E-state index is 0.148. The zero-order chi connectivity index (χ0) is 10.6. The van der Waals surface area contributed by atoms with E-state index in [2.05, 4.69) is 15.9 Å². The van der Waals surface area contributed by atoms with Gasteiger partial charge in [-0.3, -0.25) is 4.79 Å². The summed E-state index contributed by atoms with van der Waals surface area (Å²) in [5.41, 5.74) is 2.03. The van der Waals surface area contributed by atoms with Crippen LogP contribution in [0.1, 0.15) is 18.1 Å². The summed E-state index contributed by atoms with van der Waals surface area (Å²) in [4.78, 5) is 11.0. The number of benzene rings is 1. The van der Waals surface area contributed by atoms with Gasteiger partial charge in [0.25, 0.3) is 0 Å². The first-order valence-electron chi connectivity index (χ1n) is 4.39. The minimum Gasteiger partial charge on any atom is -0.496 e. The SMILES string of the molecule is COc1c(CBr)cccc1CC(C)=O. The summed E-state index contributed by atoms with van der Waals surface area (Å²) in [5.74, 6) is 0.967. The third kappa shape index (κ3) is 2.58. The van der Waals surface area contributed by atoms with Crippen molar-refractivity contribution in [2.24, 2.45) is 0 Å². The molecule has 0 saturated heterocycles. The van der Waals surface area contributed by atoms with Crippen molar-refractivity contribution in [2.45, 2.75) is 18.7 Å². The second-order valence-corrected chi connectivity index (χ2v) is 3.68. The molecular formula is C11H13BrO2. The Bertz CT molecular complexity index is 334. The van der Waals surface area contributed by atoms with Crippen molar-refractivity contribution in [3.8, 4) is 5.75 Å². The Morgan fingerprint density at radius 2 is 2.07 bits per heavy atom. The van der Waals surface area contributed by atoms with Gasteiger partial charge in [0.15, 0.2) is 0 Å². The van der Waals surface area contributed by atoms with E-state index in [0.717, 1.165) is 22.2 Å². The third-order valence-corrected chi connectivity index (χ3v) is 2.57. The number of hydrogen-bond acceptors (Lipinski definition) is 2. The lowest BCUT2D eigenvalue weighted by atomic mass is 10.1. The van der Waals surface area contributed by atoms with Gasteiger partial charge >= 0.3 is 0 Å². The van der Waals surface area contributed by atoms with Crippen molar-refractivity contribution < 1.29 is 9.53 Å². The molecule has 1 aromatic carbocycles. The van der Waals surface area contributed by atoms with E-state index in [1.807, 2.05) is 18.2 Å². The van der Waals surface area contributed by atoms with Gasteiger partial charge in [0.1, 0.15) is 11.5 Å². The van der Waals surface area contributed by atoms with E-state index in [4.69, 9.17) is 4.74 Å². The zero-order valence-corrected chi connectivity index (χ0v) is 9.93. The van der Waals surface area contributed by atoms with Crippen LogP contribution < -0.4 is 4.74 Å². The first kappa shape index (κ1) is 11.2. The van der Waals surface area contributed by atoms with E-state index in [-0.39, 0.29) is 5.78 Å². The monoisotopic (exact) mass is 256 g/mol. The lowest BCUT2D eigenvalue weighted by Crippen LogP contribution is -2.01. The Hall–Kier alpha value is -0.830. The predicted octanol–water partition coefficient (Wildman–Crippen LogP) is 2.72. The van der Waals surface area contributed by atoms with Gasteiger partial charge in [-0.2, -0.15) is 0 Å². The molecule has 1 rings (SSSR count). The number of ketones is 1. The van der Waals surface area contributed by atoms with Crippen LogP contribution in [0.25, 0.3) is 0 Å². The van der Waals surface area contributed by atoms with Gasteiger partial charge in [0, 0.05) is 22.9 Å². The van der Waals surface area contributed by atoms with E-state index in [9.17, 15) is 4.79 Å². The van der Waals surface area contributed by atoms with Crippen LogP contribution in [-0.4, -0.2) is 12.9 Å². The Morgan fingerprint density at radius 1 is 1.43 bits per heavy atom. The number of carbonyl (C=O) groups excluding carboxylic acids is 1. The lowest BCUT2D eigenvalue weighted by Gasteiger charge is -2.10. The minimum atomic E-state index is 0.148. The number of alkyl halides is 1. The van der Waals surface area contributed by atoms with Crippen molar-refractivity contribution in [2.75, 3.05) is 7.11 Å². The molecular weight excluding hydrogens is 244 g/mol. The predicted molar refractivity (Wildman–Crippen MR) is 60.0 cm³/mol. The second kappa shape index (κ2) is 5.15. The van der Waals surface area contributed by atoms with Gasteiger partial charge in [0.2, 0.25) is 0 Å². The average molecular weight is 257 g/mol. The van der Waals surface area contributed by atoms with E-state index in [1.54, 1.807) is 14.0 Å². The molecule has 0 aliphatic carbocycles. The van der Waals surface area contributed by atoms with Crippen molar-refractivity contribution >= 4 is 21.7 Å². The highest BCUT2D eigenvalue weighted by atomic mass is 79.9. The van der Waals surface area contributed by atoms with E-state index in [0.29, 0.717) is 6.42 Å². The van der Waals surface area contributed by atoms with Gasteiger partial charge in [0.05, 0.1) is 7.11 Å². The van der Waals surface area contributed by atoms with Gasteiger partial charge < -0.3 is 4.74 Å². The van der Waals surface area contributed by atoms with Crippen LogP contribution in [-0.2, 0) is 16.5 Å². The molecule has 0 spiro atoms. The molecule has 0 heterocycles. The maximum atomic E-state index is 11.0. The van der Waals surface area contributed by atoms with E-state index < -0.39 is 0 Å². The standard InChI is InChI=1S/C11H13BrO2/c1-8(13)6-9-4-3-5-10(7-12)11(9)14-2/h3-5H,6-7H2,1-2H3. The molecule has 0 aliphatic rings. The Kier molecular flexibility index (Phi) is 4.14. The molecule has 0 radical (unpaired) electrons. The number of hydrogen-bond donors (Lipinski definition) is 0. The first-order chi connectivity index (χ1) is 6.69. The summed E-state index contributed by atoms with van der Waals surface area (Å²) in [6.07, 6.45) is 0.435. The molecule has 0 amide bonds. The molecule has 1 aromatic rings. The molecule has 0 bridgehead atoms. The Morgan fingerprint density at radius 3 is 2.57 bits per heavy atom. The highest BCUT2D eigenvalue weighted by Crippen LogP contribution is 2.26. The van der Waals surface area contributed by atoms with E-state index in [1.165, 1.54) is 0 Å². The van der Waals surface area contributed by atoms with Crippen LogP contribution in [0.3, 0.4) is 0 Å². The lowest BCUT2D eigenvalue weighted by molar-refractivity contribution is -0.116. The summed E-state index contributed by atoms with van der Waals surface area (Å²) in [7, 11) is 1.63. The molecule has 0 unspecified atom stereocenters. The Labute approximate surface area is 92.4 Å². The largest absolute Gasteiger partial charge is 0.496 e. The summed E-state index contributed by atoms with van der Waals surface area (Å²) >= 11 is 3.38. The smallest absolute Gasteiger partial charge is 0.134 e. The van der Waals surface area contributed by atoms with Crippen molar-refractivity contribution in [3.63, 3.8) is 0 Å². The van der Waals surface area contributed by atoms with Crippen molar-refractivity contribution in [1.82, 2.24) is 0 Å². The van der Waals surface area contributed by atoms with Crippen LogP contribution >= 0.6 is 15.9 Å². The molecule has 0 fully saturated rings. The molecule has 2 nitrogen and oxygen atoms in total. The van der Waals surface area contributed by atoms with Gasteiger partial charge in [-0.05, 0) is 6.92 Å². The number of halogens is 1. The zero-order valence-electron chi connectivity index (χ0n) is 8.34. The Balaban J connectivity index is 3.08. The summed E-state index contributed by atoms with van der Waals surface area (Å²) in [5, 5.41) is 0.738. The fourth-order valence-electron chi connectivity index (χ4n) is 1.41. The topological polar surface area (TPSA) is 26.3 Å². The van der Waals surface area contributed by atoms with Gasteiger partial charge in [-0.1, -0.05) is 34.1 Å². The van der Waals surface area contributed by atoms with Gasteiger partial charge in [-0.25, -0.2) is 0 Å². The van der Waals surface area contributed by atoms with Crippen molar-refractivity contribution in [3.05, 3.63) is 29.3 Å². The number of ether oxygens (including phenoxy) is 1. The fourth-order valence-corrected chi connectivity index (χ4v) is 1.85. The highest BCUT2D eigenvalue weighted by Gasteiger charge is 2.09. The van der Waals surface area contributed by atoms with E-state index >= 15 is 0 Å². The number of rotatable bonds is 4. The third-order valence-electron chi connectivity index (χ3n) is 1.97. The molecule has 0 aromatic heterocycles. The van der Waals surface area contributed by atoms with Crippen LogP contribution in [0.5, 0.6) is 5.75 Å². The second-order valence-electron chi connectivity index (χ2n) is 3.12. The summed E-state index contributed by atoms with van der Waals surface area (Å²) in [6.45, 7) is 1.58. The molecule has 0 aliphatic heterocycles. The molecule has 0 atom stereocenters. The number of methoxy groups -OCH3 is 1. The normalized spacial score (nSPS) is 9.93. The van der Waals surface area contributed by atoms with Gasteiger partial charge in [-0.15, -0.1) is 0 Å². The highest BCUT2D eigenvalue weighted by molar-refractivity contribution is 9.08. The summed E-state index contributed by atoms with van der Waals surface area (Å²) in [6, 6.07) is 5.85. The van der Waals surface area contributed by atoms with Crippen LogP contribution in [0.2, 0.25) is 0 Å². The molecule has 3 heteroatoms. The molecule has 0 saturated carbocycles. The maximum absolute atomic E-state index is 11.0. The molecule has 76 valence electrons.